The molecule has 3 N–H and O–H groups in total. The number of aromatic amines is 1. The minimum atomic E-state index is -0.912. The highest BCUT2D eigenvalue weighted by atomic mass is 16.6. The van der Waals surface area contributed by atoms with Crippen molar-refractivity contribution in [1.82, 2.24) is 9.55 Å². The van der Waals surface area contributed by atoms with Gasteiger partial charge in [-0.15, -0.1) is 0 Å². The number of rotatable bonds is 6. The zero-order valence-corrected chi connectivity index (χ0v) is 17.6. The van der Waals surface area contributed by atoms with E-state index < -0.39 is 17.4 Å². The third-order valence-corrected chi connectivity index (χ3v) is 5.90. The van der Waals surface area contributed by atoms with Crippen LogP contribution in [0.1, 0.15) is 45.4 Å². The minimum absolute atomic E-state index is 0.0135. The van der Waals surface area contributed by atoms with Crippen LogP contribution in [-0.2, 0) is 11.3 Å². The predicted molar refractivity (Wildman–Crippen MR) is 117 cm³/mol. The van der Waals surface area contributed by atoms with Gasteiger partial charge in [0.15, 0.2) is 17.2 Å². The number of carbonyl (C=O) groups excluding carboxylic acids is 1. The molecule has 0 spiro atoms. The van der Waals surface area contributed by atoms with Crippen LogP contribution in [0.25, 0.3) is 0 Å². The van der Waals surface area contributed by atoms with Gasteiger partial charge in [-0.2, -0.15) is 0 Å². The normalized spacial score (nSPS) is 18.2. The second-order valence-electron chi connectivity index (χ2n) is 8.01. The Labute approximate surface area is 179 Å². The summed E-state index contributed by atoms with van der Waals surface area (Å²) in [5.41, 5.74) is 5.11. The number of fused-ring (bicyclic) bond motifs is 1. The van der Waals surface area contributed by atoms with Gasteiger partial charge in [0.1, 0.15) is 12.4 Å². The summed E-state index contributed by atoms with van der Waals surface area (Å²) >= 11 is 0. The largest absolute Gasteiger partial charge is 0.485 e. The number of unbranched alkanes of at least 4 members (excludes halogenated alkanes) is 1. The van der Waals surface area contributed by atoms with Crippen molar-refractivity contribution in [3.8, 4) is 11.5 Å². The van der Waals surface area contributed by atoms with E-state index in [0.29, 0.717) is 18.0 Å². The smallest absolute Gasteiger partial charge is 0.330 e. The molecule has 0 saturated heterocycles. The molecule has 1 amide bonds. The first kappa shape index (κ1) is 21.0. The highest BCUT2D eigenvalue weighted by molar-refractivity contribution is 5.99. The summed E-state index contributed by atoms with van der Waals surface area (Å²) in [6.07, 6.45) is 4.08. The first-order chi connectivity index (χ1) is 15.0. The van der Waals surface area contributed by atoms with Gasteiger partial charge in [0.2, 0.25) is 6.10 Å². The van der Waals surface area contributed by atoms with Crippen molar-refractivity contribution < 1.29 is 14.3 Å². The van der Waals surface area contributed by atoms with Crippen LogP contribution in [0.2, 0.25) is 0 Å². The molecule has 9 heteroatoms. The maximum absolute atomic E-state index is 13.6. The first-order valence-electron chi connectivity index (χ1n) is 10.9. The monoisotopic (exact) mass is 428 g/mol. The number of nitrogens with zero attached hydrogens (tertiary/aromatic N) is 2. The third kappa shape index (κ3) is 4.04. The van der Waals surface area contributed by atoms with Crippen molar-refractivity contribution in [2.75, 3.05) is 17.2 Å². The molecule has 1 aliphatic carbocycles. The van der Waals surface area contributed by atoms with Crippen LogP contribution in [-0.4, -0.2) is 34.2 Å². The zero-order chi connectivity index (χ0) is 22.0. The van der Waals surface area contributed by atoms with E-state index in [1.165, 1.54) is 9.47 Å². The summed E-state index contributed by atoms with van der Waals surface area (Å²) < 4.78 is 13.0. The molecule has 2 aliphatic rings. The van der Waals surface area contributed by atoms with Crippen LogP contribution in [0.5, 0.6) is 11.5 Å². The van der Waals surface area contributed by atoms with Gasteiger partial charge in [-0.25, -0.2) is 4.79 Å². The van der Waals surface area contributed by atoms with Gasteiger partial charge in [-0.05, 0) is 31.4 Å². The van der Waals surface area contributed by atoms with Gasteiger partial charge in [0.25, 0.3) is 11.5 Å². The Morgan fingerprint density at radius 2 is 1.94 bits per heavy atom. The number of aromatic nitrogens is 2. The Kier molecular flexibility index (Phi) is 6.01. The van der Waals surface area contributed by atoms with Crippen molar-refractivity contribution in [2.45, 2.75) is 64.1 Å². The Morgan fingerprint density at radius 3 is 2.65 bits per heavy atom. The van der Waals surface area contributed by atoms with Gasteiger partial charge < -0.3 is 15.2 Å². The van der Waals surface area contributed by atoms with E-state index in [4.69, 9.17) is 15.2 Å². The molecule has 2 heterocycles. The average Bonchev–Trinajstić information content (AvgIpc) is 3.30. The van der Waals surface area contributed by atoms with Crippen LogP contribution in [0.3, 0.4) is 0 Å². The lowest BCUT2D eigenvalue weighted by molar-refractivity contribution is -0.128. The predicted octanol–water partition coefficient (Wildman–Crippen LogP) is 2.03. The van der Waals surface area contributed by atoms with Crippen LogP contribution in [0, 0.1) is 0 Å². The number of para-hydroxylation sites is 2. The molecule has 0 radical (unpaired) electrons. The summed E-state index contributed by atoms with van der Waals surface area (Å²) in [6.45, 7) is 2.40. The SMILES string of the molecule is CCCCn1c(N)c(N(C(=O)[C@@H]2COc3ccccc3O2)C2CCCC2)c(=O)[nH]c1=O. The standard InChI is InChI=1S/C22H28N4O5/c1-2-3-12-25-19(23)18(20(27)24-22(25)29)26(14-8-4-5-9-14)21(28)17-13-30-15-10-6-7-11-16(15)31-17/h6-7,10-11,14,17H,2-5,8-9,12-13,23H2,1H3,(H,24,27,29)/t17-/m0/s1. The lowest BCUT2D eigenvalue weighted by Crippen LogP contribution is -2.52. The number of nitrogens with two attached hydrogens (primary N) is 1. The van der Waals surface area contributed by atoms with Crippen LogP contribution >= 0.6 is 0 Å². The summed E-state index contributed by atoms with van der Waals surface area (Å²) in [7, 11) is 0. The molecule has 1 fully saturated rings. The van der Waals surface area contributed by atoms with E-state index in [1.807, 2.05) is 13.0 Å². The van der Waals surface area contributed by atoms with Gasteiger partial charge in [-0.1, -0.05) is 38.3 Å². The van der Waals surface area contributed by atoms with Crippen molar-refractivity contribution in [3.05, 3.63) is 45.1 Å². The number of carbonyl (C=O) groups is 1. The topological polar surface area (TPSA) is 120 Å². The molecule has 0 unspecified atom stereocenters. The van der Waals surface area contributed by atoms with Gasteiger partial charge in [0.05, 0.1) is 0 Å². The number of nitrogens with one attached hydrogen (secondary N) is 1. The summed E-state index contributed by atoms with van der Waals surface area (Å²) in [5, 5.41) is 0. The molecule has 0 bridgehead atoms. The number of H-pyrrole nitrogens is 1. The quantitative estimate of drug-likeness (QED) is 0.727. The van der Waals surface area contributed by atoms with Crippen molar-refractivity contribution >= 4 is 17.4 Å². The maximum Gasteiger partial charge on any atom is 0.330 e. The highest BCUT2D eigenvalue weighted by Crippen LogP contribution is 2.34. The maximum atomic E-state index is 13.6. The Hall–Kier alpha value is -3.23. The van der Waals surface area contributed by atoms with Crippen LogP contribution in [0.4, 0.5) is 11.5 Å². The van der Waals surface area contributed by atoms with E-state index in [9.17, 15) is 14.4 Å². The van der Waals surface area contributed by atoms with E-state index in [1.54, 1.807) is 18.2 Å². The molecule has 1 aromatic heterocycles. The fourth-order valence-corrected chi connectivity index (χ4v) is 4.28. The lowest BCUT2D eigenvalue weighted by Gasteiger charge is -2.34. The molecular formula is C22H28N4O5. The molecule has 1 atom stereocenters. The summed E-state index contributed by atoms with van der Waals surface area (Å²) in [4.78, 5) is 42.6. The average molecular weight is 428 g/mol. The molecule has 1 saturated carbocycles. The van der Waals surface area contributed by atoms with E-state index >= 15 is 0 Å². The molecular weight excluding hydrogens is 400 g/mol. The molecule has 1 aromatic carbocycles. The summed E-state index contributed by atoms with van der Waals surface area (Å²) in [5.74, 6) is 0.677. The summed E-state index contributed by atoms with van der Waals surface area (Å²) in [6, 6.07) is 6.96. The Bertz CT molecular complexity index is 1070. The molecule has 31 heavy (non-hydrogen) atoms. The third-order valence-electron chi connectivity index (χ3n) is 5.90. The van der Waals surface area contributed by atoms with Crippen molar-refractivity contribution in [2.24, 2.45) is 0 Å². The number of ether oxygens (including phenoxy) is 2. The minimum Gasteiger partial charge on any atom is -0.485 e. The van der Waals surface area contributed by atoms with Crippen LogP contribution in [0.15, 0.2) is 33.9 Å². The second-order valence-corrected chi connectivity index (χ2v) is 8.01. The Morgan fingerprint density at radius 1 is 1.23 bits per heavy atom. The Balaban J connectivity index is 1.74. The second kappa shape index (κ2) is 8.87. The van der Waals surface area contributed by atoms with Gasteiger partial charge in [-0.3, -0.25) is 24.0 Å². The number of amides is 1. The van der Waals surface area contributed by atoms with E-state index in [-0.39, 0.29) is 30.1 Å². The fraction of sp³-hybridized carbons (Fsp3) is 0.500. The number of benzene rings is 1. The van der Waals surface area contributed by atoms with Gasteiger partial charge in [0, 0.05) is 12.6 Å². The fourth-order valence-electron chi connectivity index (χ4n) is 4.28. The number of hydrogen-bond acceptors (Lipinski definition) is 6. The van der Waals surface area contributed by atoms with Crippen molar-refractivity contribution in [1.29, 1.82) is 0 Å². The number of hydrogen-bond donors (Lipinski definition) is 2. The molecule has 9 nitrogen and oxygen atoms in total. The number of anilines is 2. The van der Waals surface area contributed by atoms with E-state index in [2.05, 4.69) is 4.98 Å². The molecule has 166 valence electrons. The number of nitrogen functional groups attached to an aromatic ring is 1. The lowest BCUT2D eigenvalue weighted by atomic mass is 10.1. The first-order valence-corrected chi connectivity index (χ1v) is 10.9. The zero-order valence-electron chi connectivity index (χ0n) is 17.6. The van der Waals surface area contributed by atoms with Crippen LogP contribution < -0.4 is 31.4 Å². The van der Waals surface area contributed by atoms with Gasteiger partial charge >= 0.3 is 5.69 Å². The highest BCUT2D eigenvalue weighted by Gasteiger charge is 2.39. The van der Waals surface area contributed by atoms with E-state index in [0.717, 1.165) is 38.5 Å². The molecule has 4 rings (SSSR count). The van der Waals surface area contributed by atoms with Crippen molar-refractivity contribution in [3.63, 3.8) is 0 Å². The molecule has 2 aromatic rings. The molecule has 1 aliphatic heterocycles.